The number of hydrogen-bond donors (Lipinski definition) is 0. The Morgan fingerprint density at radius 2 is 1.72 bits per heavy atom. The minimum absolute atomic E-state index is 0.149. The van der Waals surface area contributed by atoms with Gasteiger partial charge in [0.15, 0.2) is 6.10 Å². The van der Waals surface area contributed by atoms with Gasteiger partial charge in [-0.3, -0.25) is 0 Å². The third-order valence-electron chi connectivity index (χ3n) is 5.41. The van der Waals surface area contributed by atoms with Crippen molar-refractivity contribution in [2.45, 2.75) is 43.2 Å². The van der Waals surface area contributed by atoms with Crippen molar-refractivity contribution in [3.8, 4) is 16.3 Å². The Hall–Kier alpha value is -3.04. The van der Waals surface area contributed by atoms with E-state index in [1.807, 2.05) is 36.4 Å². The SMILES string of the molecule is CCOC(=O)C(C)Oc1ccc(SC(C)c2ccc3nc(-c4ccc(C(F)(F)F)cc4)sc3c2)cc1. The fourth-order valence-electron chi connectivity index (χ4n) is 3.50. The van der Waals surface area contributed by atoms with Crippen LogP contribution in [0, 0.1) is 0 Å². The van der Waals surface area contributed by atoms with Gasteiger partial charge in [-0.2, -0.15) is 13.2 Å². The Morgan fingerprint density at radius 1 is 1.03 bits per heavy atom. The lowest BCUT2D eigenvalue weighted by Crippen LogP contribution is -2.25. The molecule has 2 unspecified atom stereocenters. The topological polar surface area (TPSA) is 48.4 Å². The van der Waals surface area contributed by atoms with Gasteiger partial charge in [0.1, 0.15) is 10.8 Å². The first-order valence-corrected chi connectivity index (χ1v) is 13.0. The molecule has 0 aliphatic heterocycles. The van der Waals surface area contributed by atoms with Gasteiger partial charge in [0.2, 0.25) is 0 Å². The van der Waals surface area contributed by atoms with E-state index in [-0.39, 0.29) is 5.25 Å². The summed E-state index contributed by atoms with van der Waals surface area (Å²) in [4.78, 5) is 17.4. The maximum atomic E-state index is 12.9. The number of fused-ring (bicyclic) bond motifs is 1. The zero-order valence-electron chi connectivity index (χ0n) is 19.8. The molecule has 4 aromatic rings. The minimum atomic E-state index is -4.36. The molecule has 0 fully saturated rings. The van der Waals surface area contributed by atoms with E-state index >= 15 is 0 Å². The third-order valence-corrected chi connectivity index (χ3v) is 7.65. The summed E-state index contributed by atoms with van der Waals surface area (Å²) in [6.45, 7) is 5.82. The van der Waals surface area contributed by atoms with Crippen LogP contribution in [-0.4, -0.2) is 23.7 Å². The number of alkyl halides is 3. The predicted octanol–water partition coefficient (Wildman–Crippen LogP) is 8.17. The van der Waals surface area contributed by atoms with Crippen molar-refractivity contribution in [1.82, 2.24) is 4.98 Å². The van der Waals surface area contributed by atoms with Gasteiger partial charge < -0.3 is 9.47 Å². The van der Waals surface area contributed by atoms with E-state index in [0.717, 1.165) is 32.8 Å². The molecule has 36 heavy (non-hydrogen) atoms. The van der Waals surface area contributed by atoms with Gasteiger partial charge in [-0.1, -0.05) is 18.2 Å². The summed E-state index contributed by atoms with van der Waals surface area (Å²) in [6.07, 6.45) is -5.04. The van der Waals surface area contributed by atoms with Crippen molar-refractivity contribution in [2.75, 3.05) is 6.61 Å². The molecule has 0 aliphatic carbocycles. The highest BCUT2D eigenvalue weighted by molar-refractivity contribution is 7.99. The number of halogens is 3. The highest BCUT2D eigenvalue weighted by Crippen LogP contribution is 2.39. The smallest absolute Gasteiger partial charge is 0.416 e. The lowest BCUT2D eigenvalue weighted by molar-refractivity contribution is -0.150. The Morgan fingerprint density at radius 3 is 2.36 bits per heavy atom. The normalized spacial score (nSPS) is 13.4. The fourth-order valence-corrected chi connectivity index (χ4v) is 5.50. The largest absolute Gasteiger partial charge is 0.479 e. The second-order valence-corrected chi connectivity index (χ2v) is 10.5. The summed E-state index contributed by atoms with van der Waals surface area (Å²) in [6, 6.07) is 18.7. The van der Waals surface area contributed by atoms with E-state index in [1.54, 1.807) is 25.6 Å². The maximum Gasteiger partial charge on any atom is 0.416 e. The molecule has 1 heterocycles. The van der Waals surface area contributed by atoms with Gasteiger partial charge in [0, 0.05) is 15.7 Å². The average Bonchev–Trinajstić information content (AvgIpc) is 3.28. The number of thioether (sulfide) groups is 1. The van der Waals surface area contributed by atoms with Crippen molar-refractivity contribution < 1.29 is 27.4 Å². The van der Waals surface area contributed by atoms with Gasteiger partial charge in [-0.15, -0.1) is 23.1 Å². The molecule has 9 heteroatoms. The van der Waals surface area contributed by atoms with E-state index in [1.165, 1.54) is 23.5 Å². The number of hydrogen-bond acceptors (Lipinski definition) is 6. The van der Waals surface area contributed by atoms with Gasteiger partial charge in [-0.25, -0.2) is 9.78 Å². The maximum absolute atomic E-state index is 12.9. The van der Waals surface area contributed by atoms with E-state index in [4.69, 9.17) is 9.47 Å². The van der Waals surface area contributed by atoms with Gasteiger partial charge >= 0.3 is 12.1 Å². The van der Waals surface area contributed by atoms with Crippen molar-refractivity contribution in [3.63, 3.8) is 0 Å². The molecule has 4 rings (SSSR count). The minimum Gasteiger partial charge on any atom is -0.479 e. The molecule has 0 radical (unpaired) electrons. The Labute approximate surface area is 215 Å². The lowest BCUT2D eigenvalue weighted by Gasteiger charge is -2.15. The molecule has 2 atom stereocenters. The van der Waals surface area contributed by atoms with E-state index in [9.17, 15) is 18.0 Å². The van der Waals surface area contributed by atoms with Crippen LogP contribution in [0.1, 0.15) is 37.1 Å². The summed E-state index contributed by atoms with van der Waals surface area (Å²) in [5.41, 5.74) is 1.92. The summed E-state index contributed by atoms with van der Waals surface area (Å²) >= 11 is 3.14. The molecule has 4 nitrogen and oxygen atoms in total. The molecule has 3 aromatic carbocycles. The highest BCUT2D eigenvalue weighted by Gasteiger charge is 2.30. The predicted molar refractivity (Wildman–Crippen MR) is 137 cm³/mol. The first-order chi connectivity index (χ1) is 17.1. The molecule has 0 aliphatic rings. The van der Waals surface area contributed by atoms with Crippen LogP contribution in [-0.2, 0) is 15.7 Å². The summed E-state index contributed by atoms with van der Waals surface area (Å²) in [7, 11) is 0. The summed E-state index contributed by atoms with van der Waals surface area (Å²) < 4.78 is 50.1. The number of nitrogens with zero attached hydrogens (tertiary/aromatic N) is 1. The van der Waals surface area contributed by atoms with Crippen LogP contribution in [0.5, 0.6) is 5.75 Å². The van der Waals surface area contributed by atoms with Crippen molar-refractivity contribution in [3.05, 3.63) is 77.9 Å². The van der Waals surface area contributed by atoms with Crippen LogP contribution in [0.15, 0.2) is 71.6 Å². The first-order valence-electron chi connectivity index (χ1n) is 11.3. The number of carbonyl (C=O) groups excluding carboxylic acids is 1. The molecule has 0 saturated carbocycles. The molecule has 0 bridgehead atoms. The first kappa shape index (κ1) is 26.0. The Balaban J connectivity index is 1.44. The quantitative estimate of drug-likeness (QED) is 0.170. The molecule has 1 aromatic heterocycles. The Kier molecular flexibility index (Phi) is 7.90. The second-order valence-electron chi connectivity index (χ2n) is 8.06. The number of rotatable bonds is 8. The van der Waals surface area contributed by atoms with Crippen LogP contribution in [0.4, 0.5) is 13.2 Å². The van der Waals surface area contributed by atoms with Gasteiger partial charge in [-0.05, 0) is 74.9 Å². The second kappa shape index (κ2) is 10.9. The molecular weight excluding hydrogens is 507 g/mol. The zero-order valence-corrected chi connectivity index (χ0v) is 21.5. The van der Waals surface area contributed by atoms with Crippen LogP contribution in [0.2, 0.25) is 0 Å². The molecular formula is C27H24F3NO3S2. The number of carbonyl (C=O) groups is 1. The summed E-state index contributed by atoms with van der Waals surface area (Å²) in [5, 5.41) is 0.833. The molecule has 188 valence electrons. The van der Waals surface area contributed by atoms with Crippen LogP contribution < -0.4 is 4.74 Å². The molecule has 0 amide bonds. The van der Waals surface area contributed by atoms with E-state index < -0.39 is 23.8 Å². The van der Waals surface area contributed by atoms with Crippen LogP contribution in [0.3, 0.4) is 0 Å². The van der Waals surface area contributed by atoms with Gasteiger partial charge in [0.25, 0.3) is 0 Å². The molecule has 0 N–H and O–H groups in total. The number of esters is 1. The van der Waals surface area contributed by atoms with E-state index in [2.05, 4.69) is 18.0 Å². The number of thiazole rings is 1. The lowest BCUT2D eigenvalue weighted by atomic mass is 10.1. The van der Waals surface area contributed by atoms with Crippen molar-refractivity contribution in [1.29, 1.82) is 0 Å². The number of aromatic nitrogens is 1. The van der Waals surface area contributed by atoms with E-state index in [0.29, 0.717) is 22.9 Å². The molecule has 0 saturated heterocycles. The monoisotopic (exact) mass is 531 g/mol. The number of benzene rings is 3. The van der Waals surface area contributed by atoms with Crippen molar-refractivity contribution in [2.24, 2.45) is 0 Å². The van der Waals surface area contributed by atoms with Crippen molar-refractivity contribution >= 4 is 39.3 Å². The standard InChI is InChI=1S/C27H24F3NO3S2/c1-4-33-26(32)16(2)34-21-10-12-22(13-11-21)35-17(3)19-7-14-23-24(15-19)36-25(31-23)18-5-8-20(9-6-18)27(28,29)30/h5-17H,4H2,1-3H3. The van der Waals surface area contributed by atoms with Gasteiger partial charge in [0.05, 0.1) is 22.4 Å². The zero-order chi connectivity index (χ0) is 25.9. The highest BCUT2D eigenvalue weighted by atomic mass is 32.2. The van der Waals surface area contributed by atoms with Crippen LogP contribution >= 0.6 is 23.1 Å². The number of ether oxygens (including phenoxy) is 2. The third kappa shape index (κ3) is 6.20. The average molecular weight is 532 g/mol. The fraction of sp³-hybridized carbons (Fsp3) is 0.259. The summed E-state index contributed by atoms with van der Waals surface area (Å²) in [5.74, 6) is 0.193. The van der Waals surface area contributed by atoms with Crippen LogP contribution in [0.25, 0.3) is 20.8 Å². The Bertz CT molecular complexity index is 1340. The molecule has 0 spiro atoms.